The first-order valence-electron chi connectivity index (χ1n) is 5.78. The number of rotatable bonds is 1. The van der Waals surface area contributed by atoms with Crippen LogP contribution in [0.3, 0.4) is 0 Å². The first-order chi connectivity index (χ1) is 8.22. The van der Waals surface area contributed by atoms with Crippen molar-refractivity contribution in [1.29, 1.82) is 0 Å². The van der Waals surface area contributed by atoms with Crippen LogP contribution in [-0.2, 0) is 0 Å². The van der Waals surface area contributed by atoms with E-state index in [9.17, 15) is 0 Å². The van der Waals surface area contributed by atoms with E-state index >= 15 is 0 Å². The van der Waals surface area contributed by atoms with Crippen LogP contribution < -0.4 is 5.22 Å². The standard InChI is InChI=1S/C17H14/c1-4-15-12(3)10-14-7-5-6-13-9-8-11(2)16(15)17(13)14/h4-10H,1-2H2,3H3. The van der Waals surface area contributed by atoms with E-state index in [1.807, 2.05) is 6.08 Å². The Morgan fingerprint density at radius 2 is 1.76 bits per heavy atom. The normalized spacial score (nSPS) is 11.1. The van der Waals surface area contributed by atoms with Gasteiger partial charge in [-0.2, -0.15) is 0 Å². The fraction of sp³-hybridized carbons (Fsp3) is 0.0588. The molecule has 82 valence electrons. The summed E-state index contributed by atoms with van der Waals surface area (Å²) in [6.45, 7) is 10.2. The molecule has 0 atom stereocenters. The van der Waals surface area contributed by atoms with Gasteiger partial charge in [-0.3, -0.25) is 0 Å². The third kappa shape index (κ3) is 1.31. The van der Waals surface area contributed by atoms with Crippen LogP contribution in [0.2, 0.25) is 0 Å². The smallest absolute Gasteiger partial charge is 0.00268 e. The quantitative estimate of drug-likeness (QED) is 0.577. The maximum atomic E-state index is 4.15. The lowest BCUT2D eigenvalue weighted by Gasteiger charge is -2.11. The third-order valence-corrected chi connectivity index (χ3v) is 3.43. The van der Waals surface area contributed by atoms with Crippen LogP contribution in [0.1, 0.15) is 11.1 Å². The van der Waals surface area contributed by atoms with E-state index in [1.165, 1.54) is 32.7 Å². The highest BCUT2D eigenvalue weighted by molar-refractivity contribution is 6.13. The number of aryl methyl sites for hydroxylation is 1. The van der Waals surface area contributed by atoms with Crippen LogP contribution in [0.4, 0.5) is 0 Å². The van der Waals surface area contributed by atoms with Gasteiger partial charge in [0.25, 0.3) is 0 Å². The van der Waals surface area contributed by atoms with Crippen molar-refractivity contribution in [2.45, 2.75) is 6.92 Å². The Kier molecular flexibility index (Phi) is 2.05. The molecule has 0 aromatic heterocycles. The predicted octanol–water partition coefficient (Wildman–Crippen LogP) is 4.07. The van der Waals surface area contributed by atoms with Crippen molar-refractivity contribution in [1.82, 2.24) is 0 Å². The van der Waals surface area contributed by atoms with Gasteiger partial charge in [0.05, 0.1) is 0 Å². The van der Waals surface area contributed by atoms with Gasteiger partial charge in [0.15, 0.2) is 0 Å². The molecular formula is C17H14. The molecule has 3 aromatic rings. The largest absolute Gasteiger partial charge is 0.0984 e. The minimum atomic E-state index is 1.08. The minimum Gasteiger partial charge on any atom is -0.0984 e. The van der Waals surface area contributed by atoms with Crippen LogP contribution in [0.15, 0.2) is 43.0 Å². The van der Waals surface area contributed by atoms with Gasteiger partial charge < -0.3 is 0 Å². The van der Waals surface area contributed by atoms with Gasteiger partial charge in [-0.25, -0.2) is 0 Å². The third-order valence-electron chi connectivity index (χ3n) is 3.43. The highest BCUT2D eigenvalue weighted by Gasteiger charge is 2.08. The van der Waals surface area contributed by atoms with Gasteiger partial charge in [0, 0.05) is 0 Å². The van der Waals surface area contributed by atoms with E-state index in [-0.39, 0.29) is 0 Å². The summed E-state index contributed by atoms with van der Waals surface area (Å²) >= 11 is 0. The first-order valence-corrected chi connectivity index (χ1v) is 5.78. The molecule has 0 fully saturated rings. The zero-order valence-corrected chi connectivity index (χ0v) is 9.96. The molecule has 0 spiro atoms. The number of hydrogen-bond donors (Lipinski definition) is 0. The topological polar surface area (TPSA) is 0 Å². The predicted molar refractivity (Wildman–Crippen MR) is 77.0 cm³/mol. The Bertz CT molecular complexity index is 779. The average Bonchev–Trinajstić information content (AvgIpc) is 2.33. The van der Waals surface area contributed by atoms with Gasteiger partial charge in [0.2, 0.25) is 0 Å². The van der Waals surface area contributed by atoms with Crippen LogP contribution in [-0.4, -0.2) is 0 Å². The van der Waals surface area contributed by atoms with E-state index in [2.05, 4.69) is 56.5 Å². The SMILES string of the molecule is C=Cc1c(C)cc2cccc3ccc(=C)c1c32. The lowest BCUT2D eigenvalue weighted by molar-refractivity contribution is 1.49. The Hall–Kier alpha value is -2.08. The van der Waals surface area contributed by atoms with Crippen molar-refractivity contribution in [2.24, 2.45) is 0 Å². The number of hydrogen-bond acceptors (Lipinski definition) is 0. The Morgan fingerprint density at radius 1 is 1.00 bits per heavy atom. The van der Waals surface area contributed by atoms with Crippen LogP contribution in [0.25, 0.3) is 34.2 Å². The molecule has 0 nitrogen and oxygen atoms in total. The summed E-state index contributed by atoms with van der Waals surface area (Å²) in [7, 11) is 0. The fourth-order valence-electron chi connectivity index (χ4n) is 2.65. The summed E-state index contributed by atoms with van der Waals surface area (Å²) in [5, 5.41) is 6.18. The Balaban J connectivity index is 2.77. The molecule has 17 heavy (non-hydrogen) atoms. The van der Waals surface area contributed by atoms with Crippen molar-refractivity contribution >= 4 is 34.2 Å². The van der Waals surface area contributed by atoms with Gasteiger partial charge in [-0.1, -0.05) is 55.6 Å². The first kappa shape index (κ1) is 10.1. The molecule has 0 saturated carbocycles. The van der Waals surface area contributed by atoms with E-state index in [0.717, 1.165) is 5.22 Å². The minimum absolute atomic E-state index is 1.08. The van der Waals surface area contributed by atoms with E-state index in [0.29, 0.717) is 0 Å². The summed E-state index contributed by atoms with van der Waals surface area (Å²) in [6, 6.07) is 12.9. The summed E-state index contributed by atoms with van der Waals surface area (Å²) in [4.78, 5) is 0. The average molecular weight is 218 g/mol. The maximum Gasteiger partial charge on any atom is -0.00268 e. The van der Waals surface area contributed by atoms with Crippen molar-refractivity contribution in [3.63, 3.8) is 0 Å². The molecule has 0 heteroatoms. The molecule has 0 aliphatic rings. The molecule has 0 aliphatic carbocycles. The van der Waals surface area contributed by atoms with Gasteiger partial charge in [0.1, 0.15) is 0 Å². The second-order valence-electron chi connectivity index (χ2n) is 4.49. The van der Waals surface area contributed by atoms with Gasteiger partial charge >= 0.3 is 0 Å². The van der Waals surface area contributed by atoms with Crippen molar-refractivity contribution < 1.29 is 0 Å². The van der Waals surface area contributed by atoms with E-state index in [1.54, 1.807) is 0 Å². The van der Waals surface area contributed by atoms with Gasteiger partial charge in [-0.15, -0.1) is 0 Å². The highest BCUT2D eigenvalue weighted by Crippen LogP contribution is 2.29. The molecule has 3 aromatic carbocycles. The second kappa shape index (κ2) is 3.46. The Morgan fingerprint density at radius 3 is 2.53 bits per heavy atom. The van der Waals surface area contributed by atoms with Crippen LogP contribution in [0, 0.1) is 6.92 Å². The lowest BCUT2D eigenvalue weighted by atomic mass is 9.92. The molecular weight excluding hydrogens is 204 g/mol. The molecule has 0 radical (unpaired) electrons. The van der Waals surface area contributed by atoms with Gasteiger partial charge in [-0.05, 0) is 44.8 Å². The van der Waals surface area contributed by atoms with Crippen LogP contribution in [0.5, 0.6) is 0 Å². The summed E-state index contributed by atoms with van der Waals surface area (Å²) in [5.41, 5.74) is 2.47. The lowest BCUT2D eigenvalue weighted by Crippen LogP contribution is -2.02. The molecule has 0 amide bonds. The zero-order valence-electron chi connectivity index (χ0n) is 9.96. The van der Waals surface area contributed by atoms with E-state index < -0.39 is 0 Å². The van der Waals surface area contributed by atoms with E-state index in [4.69, 9.17) is 0 Å². The molecule has 3 rings (SSSR count). The van der Waals surface area contributed by atoms with Crippen molar-refractivity contribution in [2.75, 3.05) is 0 Å². The second-order valence-corrected chi connectivity index (χ2v) is 4.49. The summed E-state index contributed by atoms with van der Waals surface area (Å²) in [6.07, 6.45) is 1.94. The van der Waals surface area contributed by atoms with Crippen molar-refractivity contribution in [3.05, 3.63) is 59.3 Å². The molecule has 0 bridgehead atoms. The summed E-state index contributed by atoms with van der Waals surface area (Å²) < 4.78 is 0. The molecule has 0 heterocycles. The zero-order chi connectivity index (χ0) is 12.0. The monoisotopic (exact) mass is 218 g/mol. The summed E-state index contributed by atoms with van der Waals surface area (Å²) in [5.74, 6) is 0. The molecule has 0 aliphatic heterocycles. The molecule has 0 N–H and O–H groups in total. The highest BCUT2D eigenvalue weighted by atomic mass is 14.1. The Labute approximate surface area is 101 Å². The maximum absolute atomic E-state index is 4.15. The number of benzene rings is 3. The van der Waals surface area contributed by atoms with Crippen LogP contribution >= 0.6 is 0 Å². The van der Waals surface area contributed by atoms with Crippen molar-refractivity contribution in [3.8, 4) is 0 Å². The fourth-order valence-corrected chi connectivity index (χ4v) is 2.65. The molecule has 0 unspecified atom stereocenters. The molecule has 0 saturated heterocycles.